The molecule has 1 heterocycles. The summed E-state index contributed by atoms with van der Waals surface area (Å²) in [6.07, 6.45) is 0. The summed E-state index contributed by atoms with van der Waals surface area (Å²) in [6.45, 7) is 5.04. The molecule has 1 saturated heterocycles. The maximum Gasteiger partial charge on any atom is 0.260 e. The van der Waals surface area contributed by atoms with E-state index in [4.69, 9.17) is 9.47 Å². The van der Waals surface area contributed by atoms with Crippen LogP contribution in [0.4, 0.5) is 0 Å². The number of benzene rings is 2. The molecule has 0 spiro atoms. The highest BCUT2D eigenvalue weighted by atomic mass is 35.5. The van der Waals surface area contributed by atoms with Crippen LogP contribution in [0, 0.1) is 0 Å². The number of amides is 1. The van der Waals surface area contributed by atoms with Crippen LogP contribution in [0.3, 0.4) is 0 Å². The van der Waals surface area contributed by atoms with Gasteiger partial charge >= 0.3 is 0 Å². The van der Waals surface area contributed by atoms with E-state index < -0.39 is 0 Å². The Morgan fingerprint density at radius 1 is 1.08 bits per heavy atom. The molecule has 0 unspecified atom stereocenters. The van der Waals surface area contributed by atoms with E-state index in [0.29, 0.717) is 12.4 Å². The third kappa shape index (κ3) is 5.64. The molecule has 26 heavy (non-hydrogen) atoms. The third-order valence-corrected chi connectivity index (χ3v) is 4.26. The van der Waals surface area contributed by atoms with E-state index >= 15 is 0 Å². The van der Waals surface area contributed by atoms with E-state index in [1.165, 1.54) is 0 Å². The van der Waals surface area contributed by atoms with Crippen molar-refractivity contribution in [3.63, 3.8) is 0 Å². The van der Waals surface area contributed by atoms with Gasteiger partial charge in [0.25, 0.3) is 5.91 Å². The van der Waals surface area contributed by atoms with Crippen molar-refractivity contribution in [3.05, 3.63) is 60.2 Å². The SMILES string of the molecule is C[C@@H]1CNCCN1C(=O)COc1ccc(OCc2ccccc2)cc1.Cl. The summed E-state index contributed by atoms with van der Waals surface area (Å²) in [6, 6.07) is 17.6. The molecule has 1 fully saturated rings. The molecule has 1 aliphatic rings. The first-order valence-corrected chi connectivity index (χ1v) is 8.62. The van der Waals surface area contributed by atoms with E-state index in [0.717, 1.165) is 30.9 Å². The molecule has 0 radical (unpaired) electrons. The molecule has 5 nitrogen and oxygen atoms in total. The monoisotopic (exact) mass is 376 g/mol. The molecule has 0 aromatic heterocycles. The van der Waals surface area contributed by atoms with Gasteiger partial charge in [-0.2, -0.15) is 0 Å². The fourth-order valence-corrected chi connectivity index (χ4v) is 2.81. The first-order chi connectivity index (χ1) is 12.2. The van der Waals surface area contributed by atoms with Crippen molar-refractivity contribution in [1.29, 1.82) is 0 Å². The molecular formula is C20H25ClN2O3. The molecular weight excluding hydrogens is 352 g/mol. The predicted molar refractivity (Wildman–Crippen MR) is 104 cm³/mol. The second kappa shape index (κ2) is 10.0. The zero-order valence-corrected chi connectivity index (χ0v) is 15.7. The Kier molecular flexibility index (Phi) is 7.75. The standard InChI is InChI=1S/C20H24N2O3.ClH/c1-16-13-21-11-12-22(16)20(23)15-25-19-9-7-18(8-10-19)24-14-17-5-3-2-4-6-17;/h2-10,16,21H,11-15H2,1H3;1H/t16-;/m1./s1. The van der Waals surface area contributed by atoms with Crippen molar-refractivity contribution in [3.8, 4) is 11.5 Å². The largest absolute Gasteiger partial charge is 0.489 e. The number of piperazine rings is 1. The molecule has 0 bridgehead atoms. The fourth-order valence-electron chi connectivity index (χ4n) is 2.81. The highest BCUT2D eigenvalue weighted by Crippen LogP contribution is 2.19. The lowest BCUT2D eigenvalue weighted by molar-refractivity contribution is -0.136. The Morgan fingerprint density at radius 2 is 1.73 bits per heavy atom. The van der Waals surface area contributed by atoms with Gasteiger partial charge in [0.15, 0.2) is 6.61 Å². The fraction of sp³-hybridized carbons (Fsp3) is 0.350. The Morgan fingerprint density at radius 3 is 2.38 bits per heavy atom. The zero-order valence-electron chi connectivity index (χ0n) is 14.9. The molecule has 0 saturated carbocycles. The average Bonchev–Trinajstić information content (AvgIpc) is 2.66. The first kappa shape index (κ1) is 20.1. The number of nitrogens with zero attached hydrogens (tertiary/aromatic N) is 1. The van der Waals surface area contributed by atoms with E-state index in [1.807, 2.05) is 66.4 Å². The predicted octanol–water partition coefficient (Wildman–Crippen LogP) is 2.89. The van der Waals surface area contributed by atoms with E-state index in [2.05, 4.69) is 5.32 Å². The van der Waals surface area contributed by atoms with Gasteiger partial charge in [0.2, 0.25) is 0 Å². The lowest BCUT2D eigenvalue weighted by atomic mass is 10.2. The van der Waals surface area contributed by atoms with Crippen LogP contribution in [0.1, 0.15) is 12.5 Å². The van der Waals surface area contributed by atoms with Gasteiger partial charge < -0.3 is 19.7 Å². The Balaban J connectivity index is 0.00000243. The van der Waals surface area contributed by atoms with Crippen molar-refractivity contribution >= 4 is 18.3 Å². The quantitative estimate of drug-likeness (QED) is 0.842. The van der Waals surface area contributed by atoms with Crippen molar-refractivity contribution < 1.29 is 14.3 Å². The highest BCUT2D eigenvalue weighted by molar-refractivity contribution is 5.85. The third-order valence-electron chi connectivity index (χ3n) is 4.26. The normalized spacial score (nSPS) is 16.5. The van der Waals surface area contributed by atoms with Crippen LogP contribution in [0.5, 0.6) is 11.5 Å². The zero-order chi connectivity index (χ0) is 17.5. The number of ether oxygens (including phenoxy) is 2. The van der Waals surface area contributed by atoms with Gasteiger partial charge in [-0.3, -0.25) is 4.79 Å². The van der Waals surface area contributed by atoms with Crippen LogP contribution >= 0.6 is 12.4 Å². The number of nitrogens with one attached hydrogen (secondary N) is 1. The van der Waals surface area contributed by atoms with Crippen LogP contribution in [0.2, 0.25) is 0 Å². The summed E-state index contributed by atoms with van der Waals surface area (Å²) in [5.41, 5.74) is 1.12. The average molecular weight is 377 g/mol. The number of hydrogen-bond donors (Lipinski definition) is 1. The van der Waals surface area contributed by atoms with Gasteiger partial charge in [0, 0.05) is 25.7 Å². The summed E-state index contributed by atoms with van der Waals surface area (Å²) in [7, 11) is 0. The molecule has 1 amide bonds. The van der Waals surface area contributed by atoms with Crippen LogP contribution in [0.15, 0.2) is 54.6 Å². The Bertz CT molecular complexity index is 679. The van der Waals surface area contributed by atoms with E-state index in [1.54, 1.807) is 0 Å². The number of carbonyl (C=O) groups is 1. The number of halogens is 1. The second-order valence-electron chi connectivity index (χ2n) is 6.17. The Hall–Kier alpha value is -2.24. The molecule has 6 heteroatoms. The summed E-state index contributed by atoms with van der Waals surface area (Å²) in [5.74, 6) is 1.47. The summed E-state index contributed by atoms with van der Waals surface area (Å²) in [5, 5.41) is 3.27. The van der Waals surface area contributed by atoms with Gasteiger partial charge in [-0.05, 0) is 36.8 Å². The van der Waals surface area contributed by atoms with E-state index in [-0.39, 0.29) is 31.0 Å². The van der Waals surface area contributed by atoms with Crippen molar-refractivity contribution in [2.24, 2.45) is 0 Å². The smallest absolute Gasteiger partial charge is 0.260 e. The molecule has 140 valence electrons. The van der Waals surface area contributed by atoms with Gasteiger partial charge in [0.1, 0.15) is 18.1 Å². The summed E-state index contributed by atoms with van der Waals surface area (Å²) >= 11 is 0. The molecule has 0 aliphatic carbocycles. The van der Waals surface area contributed by atoms with Crippen molar-refractivity contribution in [2.75, 3.05) is 26.2 Å². The molecule has 2 aromatic rings. The molecule has 1 N–H and O–H groups in total. The molecule has 3 rings (SSSR count). The number of hydrogen-bond acceptors (Lipinski definition) is 4. The minimum atomic E-state index is 0. The Labute approximate surface area is 160 Å². The second-order valence-corrected chi connectivity index (χ2v) is 6.17. The lowest BCUT2D eigenvalue weighted by Crippen LogP contribution is -2.53. The topological polar surface area (TPSA) is 50.8 Å². The molecule has 2 aromatic carbocycles. The van der Waals surface area contributed by atoms with Gasteiger partial charge in [-0.25, -0.2) is 0 Å². The van der Waals surface area contributed by atoms with Crippen LogP contribution < -0.4 is 14.8 Å². The first-order valence-electron chi connectivity index (χ1n) is 8.62. The van der Waals surface area contributed by atoms with Gasteiger partial charge in [-0.15, -0.1) is 12.4 Å². The van der Waals surface area contributed by atoms with Crippen LogP contribution in [-0.4, -0.2) is 43.1 Å². The molecule has 1 atom stereocenters. The van der Waals surface area contributed by atoms with Crippen molar-refractivity contribution in [2.45, 2.75) is 19.6 Å². The molecule has 1 aliphatic heterocycles. The number of rotatable bonds is 6. The number of carbonyl (C=O) groups excluding carboxylic acids is 1. The van der Waals surface area contributed by atoms with Gasteiger partial charge in [0.05, 0.1) is 0 Å². The summed E-state index contributed by atoms with van der Waals surface area (Å²) < 4.78 is 11.4. The van der Waals surface area contributed by atoms with Crippen LogP contribution in [0.25, 0.3) is 0 Å². The maximum absolute atomic E-state index is 12.3. The van der Waals surface area contributed by atoms with Crippen molar-refractivity contribution in [1.82, 2.24) is 10.2 Å². The minimum absolute atomic E-state index is 0. The maximum atomic E-state index is 12.3. The van der Waals surface area contributed by atoms with E-state index in [9.17, 15) is 4.79 Å². The highest BCUT2D eigenvalue weighted by Gasteiger charge is 2.23. The van der Waals surface area contributed by atoms with Crippen LogP contribution in [-0.2, 0) is 11.4 Å². The lowest BCUT2D eigenvalue weighted by Gasteiger charge is -2.33. The summed E-state index contributed by atoms with van der Waals surface area (Å²) in [4.78, 5) is 14.1. The minimum Gasteiger partial charge on any atom is -0.489 e. The van der Waals surface area contributed by atoms with Gasteiger partial charge in [-0.1, -0.05) is 30.3 Å².